The van der Waals surface area contributed by atoms with Gasteiger partial charge in [0.2, 0.25) is 0 Å². The van der Waals surface area contributed by atoms with Crippen molar-refractivity contribution in [2.75, 3.05) is 7.11 Å². The molecule has 0 atom stereocenters. The maximum absolute atomic E-state index is 5.14. The Morgan fingerprint density at radius 1 is 1.06 bits per heavy atom. The van der Waals surface area contributed by atoms with Crippen molar-refractivity contribution in [1.29, 1.82) is 0 Å². The number of nitrogens with two attached hydrogens (primary N) is 1. The number of methoxy groups -OCH3 is 1. The molecule has 3 nitrogen and oxygen atoms in total. The first kappa shape index (κ1) is 11.2. The molecule has 0 unspecified atom stereocenters. The number of rotatable bonds is 3. The van der Waals surface area contributed by atoms with Crippen molar-refractivity contribution in [3.8, 4) is 16.9 Å². The molecule has 0 aromatic heterocycles. The van der Waals surface area contributed by atoms with Gasteiger partial charge in [0.15, 0.2) is 0 Å². The molecule has 0 saturated heterocycles. The highest BCUT2D eigenvalue weighted by atomic mass is 16.5. The van der Waals surface area contributed by atoms with Crippen molar-refractivity contribution in [3.63, 3.8) is 0 Å². The molecule has 2 rings (SSSR count). The van der Waals surface area contributed by atoms with Gasteiger partial charge in [0.25, 0.3) is 0 Å². The first-order valence-electron chi connectivity index (χ1n) is 5.31. The van der Waals surface area contributed by atoms with Crippen molar-refractivity contribution in [2.45, 2.75) is 0 Å². The van der Waals surface area contributed by atoms with Crippen molar-refractivity contribution in [2.24, 2.45) is 10.9 Å². The Hall–Kier alpha value is -2.29. The van der Waals surface area contributed by atoms with E-state index in [9.17, 15) is 0 Å². The molecule has 2 aromatic rings. The van der Waals surface area contributed by atoms with Gasteiger partial charge in [0.05, 0.1) is 13.3 Å². The lowest BCUT2D eigenvalue weighted by molar-refractivity contribution is 0.415. The summed E-state index contributed by atoms with van der Waals surface area (Å²) in [6.45, 7) is 0. The minimum atomic E-state index is 0.855. The van der Waals surface area contributed by atoms with E-state index in [0.29, 0.717) is 0 Å². The van der Waals surface area contributed by atoms with E-state index >= 15 is 0 Å². The van der Waals surface area contributed by atoms with Gasteiger partial charge in [-0.3, -0.25) is 0 Å². The van der Waals surface area contributed by atoms with Crippen LogP contribution in [-0.4, -0.2) is 13.3 Å². The van der Waals surface area contributed by atoms with Crippen molar-refractivity contribution < 1.29 is 4.74 Å². The molecule has 17 heavy (non-hydrogen) atoms. The van der Waals surface area contributed by atoms with Crippen LogP contribution in [0.25, 0.3) is 11.1 Å². The summed E-state index contributed by atoms with van der Waals surface area (Å²) in [5.74, 6) is 6.00. The van der Waals surface area contributed by atoms with Crippen LogP contribution in [0.5, 0.6) is 5.75 Å². The minimum Gasteiger partial charge on any atom is -0.497 e. The Morgan fingerprint density at radius 3 is 2.47 bits per heavy atom. The molecule has 0 heterocycles. The summed E-state index contributed by atoms with van der Waals surface area (Å²) in [4.78, 5) is 0. The number of hydrogen-bond acceptors (Lipinski definition) is 3. The second-order valence-electron chi connectivity index (χ2n) is 3.63. The van der Waals surface area contributed by atoms with Gasteiger partial charge in [-0.15, -0.1) is 0 Å². The molecule has 0 aliphatic rings. The lowest BCUT2D eigenvalue weighted by atomic mass is 10.0. The van der Waals surface area contributed by atoms with E-state index in [1.807, 2.05) is 42.5 Å². The van der Waals surface area contributed by atoms with Crippen molar-refractivity contribution >= 4 is 6.21 Å². The average Bonchev–Trinajstić information content (AvgIpc) is 2.40. The van der Waals surface area contributed by atoms with Crippen LogP contribution in [0, 0.1) is 0 Å². The number of hydrazone groups is 1. The summed E-state index contributed by atoms with van der Waals surface area (Å²) in [5.41, 5.74) is 3.25. The summed E-state index contributed by atoms with van der Waals surface area (Å²) in [6, 6.07) is 16.0. The molecule has 0 amide bonds. The van der Waals surface area contributed by atoms with Crippen LogP contribution in [0.15, 0.2) is 53.6 Å². The van der Waals surface area contributed by atoms with E-state index in [0.717, 1.165) is 22.4 Å². The smallest absolute Gasteiger partial charge is 0.118 e. The van der Waals surface area contributed by atoms with Crippen LogP contribution >= 0.6 is 0 Å². The largest absolute Gasteiger partial charge is 0.497 e. The zero-order chi connectivity index (χ0) is 12.1. The molecule has 2 aromatic carbocycles. The van der Waals surface area contributed by atoms with Gasteiger partial charge in [-0.1, -0.05) is 30.3 Å². The summed E-state index contributed by atoms with van der Waals surface area (Å²) in [7, 11) is 1.66. The molecule has 0 bridgehead atoms. The molecule has 2 N–H and O–H groups in total. The summed E-state index contributed by atoms with van der Waals surface area (Å²) in [5, 5.41) is 3.52. The lowest BCUT2D eigenvalue weighted by Gasteiger charge is -2.04. The number of hydrogen-bond donors (Lipinski definition) is 1. The molecule has 0 aliphatic carbocycles. The maximum Gasteiger partial charge on any atom is 0.118 e. The Labute approximate surface area is 101 Å². The van der Waals surface area contributed by atoms with Crippen molar-refractivity contribution in [1.82, 2.24) is 0 Å². The Balaban J connectivity index is 2.34. The molecule has 0 spiro atoms. The average molecular weight is 226 g/mol. The minimum absolute atomic E-state index is 0.855. The highest BCUT2D eigenvalue weighted by Gasteiger charge is 1.98. The quantitative estimate of drug-likeness (QED) is 0.497. The maximum atomic E-state index is 5.14. The molecular weight excluding hydrogens is 212 g/mol. The Kier molecular flexibility index (Phi) is 3.40. The first-order valence-corrected chi connectivity index (χ1v) is 5.31. The fourth-order valence-electron chi connectivity index (χ4n) is 1.67. The van der Waals surface area contributed by atoms with Gasteiger partial charge < -0.3 is 10.6 Å². The molecule has 0 radical (unpaired) electrons. The monoisotopic (exact) mass is 226 g/mol. The second kappa shape index (κ2) is 5.16. The predicted molar refractivity (Wildman–Crippen MR) is 70.2 cm³/mol. The van der Waals surface area contributed by atoms with E-state index < -0.39 is 0 Å². The van der Waals surface area contributed by atoms with Crippen molar-refractivity contribution in [3.05, 3.63) is 54.1 Å². The fourth-order valence-corrected chi connectivity index (χ4v) is 1.67. The zero-order valence-electron chi connectivity index (χ0n) is 9.63. The van der Waals surface area contributed by atoms with Crippen LogP contribution in [0.4, 0.5) is 0 Å². The summed E-state index contributed by atoms with van der Waals surface area (Å²) in [6.07, 6.45) is 1.63. The van der Waals surface area contributed by atoms with E-state index in [-0.39, 0.29) is 0 Å². The standard InChI is InChI=1S/C14H14N2O/c1-17-14-7-5-12(6-8-14)13-4-2-3-11(9-13)10-16-15/h2-10H,15H2,1H3. The van der Waals surface area contributed by atoms with Gasteiger partial charge in [-0.05, 0) is 34.9 Å². The van der Waals surface area contributed by atoms with E-state index in [1.165, 1.54) is 0 Å². The highest BCUT2D eigenvalue weighted by molar-refractivity contribution is 5.82. The molecule has 0 fully saturated rings. The van der Waals surface area contributed by atoms with Crippen LogP contribution in [0.3, 0.4) is 0 Å². The Morgan fingerprint density at radius 2 is 1.82 bits per heavy atom. The van der Waals surface area contributed by atoms with Gasteiger partial charge >= 0.3 is 0 Å². The second-order valence-corrected chi connectivity index (χ2v) is 3.63. The summed E-state index contributed by atoms with van der Waals surface area (Å²) >= 11 is 0. The Bertz CT molecular complexity index is 518. The highest BCUT2D eigenvalue weighted by Crippen LogP contribution is 2.22. The lowest BCUT2D eigenvalue weighted by Crippen LogP contribution is -1.87. The van der Waals surface area contributed by atoms with Crippen LogP contribution in [0.1, 0.15) is 5.56 Å². The topological polar surface area (TPSA) is 47.6 Å². The third-order valence-electron chi connectivity index (χ3n) is 2.53. The molecule has 0 saturated carbocycles. The third-order valence-corrected chi connectivity index (χ3v) is 2.53. The molecular formula is C14H14N2O. The van der Waals surface area contributed by atoms with E-state index in [4.69, 9.17) is 10.6 Å². The molecule has 0 aliphatic heterocycles. The fraction of sp³-hybridized carbons (Fsp3) is 0.0714. The van der Waals surface area contributed by atoms with Gasteiger partial charge in [0.1, 0.15) is 5.75 Å². The number of benzene rings is 2. The SMILES string of the molecule is COc1ccc(-c2cccc(C=NN)c2)cc1. The van der Waals surface area contributed by atoms with E-state index in [1.54, 1.807) is 13.3 Å². The normalized spacial score (nSPS) is 10.6. The number of nitrogens with zero attached hydrogens (tertiary/aromatic N) is 1. The number of ether oxygens (including phenoxy) is 1. The van der Waals surface area contributed by atoms with E-state index in [2.05, 4.69) is 11.2 Å². The zero-order valence-corrected chi connectivity index (χ0v) is 9.63. The van der Waals surface area contributed by atoms with Gasteiger partial charge in [-0.2, -0.15) is 5.10 Å². The van der Waals surface area contributed by atoms with Gasteiger partial charge in [-0.25, -0.2) is 0 Å². The molecule has 3 heteroatoms. The van der Waals surface area contributed by atoms with Gasteiger partial charge in [0, 0.05) is 0 Å². The van der Waals surface area contributed by atoms with Crippen LogP contribution in [-0.2, 0) is 0 Å². The van der Waals surface area contributed by atoms with Crippen LogP contribution in [0.2, 0.25) is 0 Å². The summed E-state index contributed by atoms with van der Waals surface area (Å²) < 4.78 is 5.13. The predicted octanol–water partition coefficient (Wildman–Crippen LogP) is 2.65. The van der Waals surface area contributed by atoms with Crippen LogP contribution < -0.4 is 10.6 Å². The molecule has 86 valence electrons. The third kappa shape index (κ3) is 2.64. The first-order chi connectivity index (χ1) is 8.33.